The second-order valence-electron chi connectivity index (χ2n) is 7.11. The third kappa shape index (κ3) is 5.41. The molecule has 1 heterocycles. The fourth-order valence-corrected chi connectivity index (χ4v) is 4.85. The maximum absolute atomic E-state index is 13.4. The first-order valence-electron chi connectivity index (χ1n) is 10.1. The Hall–Kier alpha value is -2.49. The standard InChI is InChI=1S/C22H27N3O4S2/c1-5-24(6-2)13-14-25(21(26)16-7-10-18(11-8-16)31(4,27)28)22-23-19-12-9-17(29-3)15-20(19)30-22/h7-12,15H,5-6,13-14H2,1-4H3. The molecule has 7 nitrogen and oxygen atoms in total. The molecule has 0 fully saturated rings. The van der Waals surface area contributed by atoms with Gasteiger partial charge < -0.3 is 9.64 Å². The molecule has 1 aromatic heterocycles. The highest BCUT2D eigenvalue weighted by atomic mass is 32.2. The van der Waals surface area contributed by atoms with Crippen LogP contribution in [0.2, 0.25) is 0 Å². The largest absolute Gasteiger partial charge is 0.497 e. The lowest BCUT2D eigenvalue weighted by atomic mass is 10.2. The lowest BCUT2D eigenvalue weighted by molar-refractivity contribution is 0.0983. The maximum atomic E-state index is 13.4. The van der Waals surface area contributed by atoms with E-state index in [1.54, 1.807) is 24.1 Å². The van der Waals surface area contributed by atoms with Crippen LogP contribution in [0, 0.1) is 0 Å². The fraction of sp³-hybridized carbons (Fsp3) is 0.364. The number of fused-ring (bicyclic) bond motifs is 1. The van der Waals surface area contributed by atoms with Crippen LogP contribution in [0.15, 0.2) is 47.4 Å². The van der Waals surface area contributed by atoms with Crippen molar-refractivity contribution in [2.75, 3.05) is 44.4 Å². The van der Waals surface area contributed by atoms with Crippen LogP contribution >= 0.6 is 11.3 Å². The molecule has 0 N–H and O–H groups in total. The summed E-state index contributed by atoms with van der Waals surface area (Å²) in [6.07, 6.45) is 1.15. The van der Waals surface area contributed by atoms with Crippen LogP contribution < -0.4 is 9.64 Å². The van der Waals surface area contributed by atoms with Crippen LogP contribution in [-0.2, 0) is 9.84 Å². The third-order valence-corrected chi connectivity index (χ3v) is 7.29. The second kappa shape index (κ2) is 9.76. The summed E-state index contributed by atoms with van der Waals surface area (Å²) in [7, 11) is -1.71. The lowest BCUT2D eigenvalue weighted by Gasteiger charge is -2.24. The van der Waals surface area contributed by atoms with Gasteiger partial charge in [0.2, 0.25) is 0 Å². The SMILES string of the molecule is CCN(CC)CCN(C(=O)c1ccc(S(C)(=O)=O)cc1)c1nc2ccc(OC)cc2s1. The summed E-state index contributed by atoms with van der Waals surface area (Å²) in [5.74, 6) is 0.526. The highest BCUT2D eigenvalue weighted by Crippen LogP contribution is 2.32. The zero-order valence-corrected chi connectivity index (χ0v) is 19.8. The summed E-state index contributed by atoms with van der Waals surface area (Å²) < 4.78 is 29.7. The van der Waals surface area contributed by atoms with Crippen molar-refractivity contribution in [1.82, 2.24) is 9.88 Å². The Kier molecular flexibility index (Phi) is 7.30. The van der Waals surface area contributed by atoms with Gasteiger partial charge in [-0.05, 0) is 55.6 Å². The average Bonchev–Trinajstić information content (AvgIpc) is 3.18. The van der Waals surface area contributed by atoms with Crippen molar-refractivity contribution in [3.8, 4) is 5.75 Å². The smallest absolute Gasteiger partial charge is 0.260 e. The van der Waals surface area contributed by atoms with Crippen LogP contribution in [0.4, 0.5) is 5.13 Å². The molecule has 0 radical (unpaired) electrons. The molecule has 3 aromatic rings. The lowest BCUT2D eigenvalue weighted by Crippen LogP contribution is -2.38. The number of anilines is 1. The van der Waals surface area contributed by atoms with E-state index in [0.717, 1.165) is 35.3 Å². The monoisotopic (exact) mass is 461 g/mol. The highest BCUT2D eigenvalue weighted by Gasteiger charge is 2.22. The summed E-state index contributed by atoms with van der Waals surface area (Å²) >= 11 is 1.43. The number of hydrogen-bond acceptors (Lipinski definition) is 7. The zero-order chi connectivity index (χ0) is 22.6. The fourth-order valence-electron chi connectivity index (χ4n) is 3.20. The molecule has 31 heavy (non-hydrogen) atoms. The van der Waals surface area contributed by atoms with E-state index in [4.69, 9.17) is 4.74 Å². The van der Waals surface area contributed by atoms with Crippen molar-refractivity contribution in [3.63, 3.8) is 0 Å². The van der Waals surface area contributed by atoms with Gasteiger partial charge in [-0.15, -0.1) is 0 Å². The molecule has 3 rings (SSSR count). The minimum atomic E-state index is -3.32. The van der Waals surface area contributed by atoms with Gasteiger partial charge in [0, 0.05) is 24.9 Å². The van der Waals surface area contributed by atoms with Gasteiger partial charge >= 0.3 is 0 Å². The quantitative estimate of drug-likeness (QED) is 0.483. The number of carbonyl (C=O) groups is 1. The van der Waals surface area contributed by atoms with Gasteiger partial charge in [-0.3, -0.25) is 9.69 Å². The molecule has 0 atom stereocenters. The average molecular weight is 462 g/mol. The number of thiazole rings is 1. The first kappa shape index (κ1) is 23.2. The van der Waals surface area contributed by atoms with Crippen LogP contribution in [0.5, 0.6) is 5.75 Å². The molecule has 0 aliphatic carbocycles. The van der Waals surface area contributed by atoms with E-state index in [1.165, 1.54) is 23.5 Å². The maximum Gasteiger partial charge on any atom is 0.260 e. The number of rotatable bonds is 9. The zero-order valence-electron chi connectivity index (χ0n) is 18.2. The Morgan fingerprint density at radius 2 is 1.74 bits per heavy atom. The molecule has 9 heteroatoms. The number of nitrogens with zero attached hydrogens (tertiary/aromatic N) is 3. The van der Waals surface area contributed by atoms with E-state index in [0.29, 0.717) is 23.8 Å². The molecule has 0 spiro atoms. The summed E-state index contributed by atoms with van der Waals surface area (Å²) in [4.78, 5) is 22.2. The highest BCUT2D eigenvalue weighted by molar-refractivity contribution is 7.90. The molecule has 0 aliphatic rings. The van der Waals surface area contributed by atoms with E-state index < -0.39 is 9.84 Å². The molecule has 1 amide bonds. The molecular weight excluding hydrogens is 434 g/mol. The molecule has 0 bridgehead atoms. The van der Waals surface area contributed by atoms with Gasteiger partial charge in [0.25, 0.3) is 5.91 Å². The Morgan fingerprint density at radius 1 is 1.06 bits per heavy atom. The molecular formula is C22H27N3O4S2. The van der Waals surface area contributed by atoms with Crippen molar-refractivity contribution in [2.24, 2.45) is 0 Å². The number of ether oxygens (including phenoxy) is 1. The van der Waals surface area contributed by atoms with Gasteiger partial charge in [-0.1, -0.05) is 25.2 Å². The van der Waals surface area contributed by atoms with E-state index in [1.807, 2.05) is 18.2 Å². The first-order valence-corrected chi connectivity index (χ1v) is 12.8. The van der Waals surface area contributed by atoms with Crippen molar-refractivity contribution in [1.29, 1.82) is 0 Å². The topological polar surface area (TPSA) is 79.8 Å². The van der Waals surface area contributed by atoms with Crippen molar-refractivity contribution < 1.29 is 17.9 Å². The number of aromatic nitrogens is 1. The van der Waals surface area contributed by atoms with Crippen LogP contribution in [-0.4, -0.2) is 63.8 Å². The summed E-state index contributed by atoms with van der Waals surface area (Å²) in [5.41, 5.74) is 1.22. The minimum Gasteiger partial charge on any atom is -0.497 e. The van der Waals surface area contributed by atoms with E-state index in [-0.39, 0.29) is 10.8 Å². The normalized spacial score (nSPS) is 11.8. The minimum absolute atomic E-state index is 0.186. The number of benzene rings is 2. The first-order chi connectivity index (χ1) is 14.8. The Balaban J connectivity index is 1.96. The van der Waals surface area contributed by atoms with Crippen molar-refractivity contribution >= 4 is 42.4 Å². The van der Waals surface area contributed by atoms with Crippen molar-refractivity contribution in [2.45, 2.75) is 18.7 Å². The van der Waals surface area contributed by atoms with Crippen LogP contribution in [0.25, 0.3) is 10.2 Å². The van der Waals surface area contributed by atoms with Gasteiger partial charge in [0.15, 0.2) is 15.0 Å². The molecule has 0 aliphatic heterocycles. The molecule has 2 aromatic carbocycles. The van der Waals surface area contributed by atoms with E-state index in [9.17, 15) is 13.2 Å². The summed E-state index contributed by atoms with van der Waals surface area (Å²) in [5, 5.41) is 0.604. The van der Waals surface area contributed by atoms with Gasteiger partial charge in [0.1, 0.15) is 5.75 Å². The Bertz CT molecular complexity index is 1150. The van der Waals surface area contributed by atoms with Crippen LogP contribution in [0.1, 0.15) is 24.2 Å². The van der Waals surface area contributed by atoms with Crippen LogP contribution in [0.3, 0.4) is 0 Å². The third-order valence-electron chi connectivity index (χ3n) is 5.12. The number of hydrogen-bond donors (Lipinski definition) is 0. The van der Waals surface area contributed by atoms with E-state index >= 15 is 0 Å². The second-order valence-corrected chi connectivity index (χ2v) is 10.1. The number of likely N-dealkylation sites (N-methyl/N-ethyl adjacent to an activating group) is 1. The molecule has 0 unspecified atom stereocenters. The molecule has 166 valence electrons. The van der Waals surface area contributed by atoms with Crippen molar-refractivity contribution in [3.05, 3.63) is 48.0 Å². The number of sulfone groups is 1. The Labute approximate surface area is 187 Å². The summed E-state index contributed by atoms with van der Waals surface area (Å²) in [6, 6.07) is 11.7. The van der Waals surface area contributed by atoms with Gasteiger partial charge in [0.05, 0.1) is 22.2 Å². The predicted octanol–water partition coefficient (Wildman–Crippen LogP) is 3.70. The van der Waals surface area contributed by atoms with E-state index in [2.05, 4.69) is 23.7 Å². The number of carbonyl (C=O) groups excluding carboxylic acids is 1. The predicted molar refractivity (Wildman–Crippen MR) is 125 cm³/mol. The number of amides is 1. The van der Waals surface area contributed by atoms with Gasteiger partial charge in [-0.25, -0.2) is 13.4 Å². The molecule has 0 saturated heterocycles. The number of methoxy groups -OCH3 is 1. The van der Waals surface area contributed by atoms with Gasteiger partial charge in [-0.2, -0.15) is 0 Å². The summed E-state index contributed by atoms with van der Waals surface area (Å²) in [6.45, 7) is 7.13. The Morgan fingerprint density at radius 3 is 2.32 bits per heavy atom. The molecule has 0 saturated carbocycles.